The van der Waals surface area contributed by atoms with Crippen molar-refractivity contribution in [3.05, 3.63) is 29.0 Å². The molecule has 0 heterocycles. The van der Waals surface area contributed by atoms with Crippen LogP contribution in [0.25, 0.3) is 0 Å². The largest absolute Gasteiger partial charge is 0.368 e. The van der Waals surface area contributed by atoms with Crippen LogP contribution in [0.4, 0.5) is 10.1 Å². The Balaban J connectivity index is 2.63. The fourth-order valence-electron chi connectivity index (χ4n) is 1.81. The Labute approximate surface area is 128 Å². The van der Waals surface area contributed by atoms with E-state index in [0.717, 1.165) is 6.07 Å². The van der Waals surface area contributed by atoms with Crippen LogP contribution in [0.2, 0.25) is 5.02 Å². The van der Waals surface area contributed by atoms with Crippen LogP contribution in [0.15, 0.2) is 18.2 Å². The molecule has 0 spiro atoms. The fraction of sp³-hybridized carbons (Fsp3) is 0.429. The molecule has 21 heavy (non-hydrogen) atoms. The Kier molecular flexibility index (Phi) is 5.69. The molecule has 0 fully saturated rings. The molecule has 0 aromatic heterocycles. The molecule has 116 valence electrons. The van der Waals surface area contributed by atoms with Crippen LogP contribution in [-0.2, 0) is 9.59 Å². The third-order valence-electron chi connectivity index (χ3n) is 2.82. The summed E-state index contributed by atoms with van der Waals surface area (Å²) in [6.07, 6.45) is 0. The molecule has 0 saturated carbocycles. The minimum absolute atomic E-state index is 0.102. The number of nitrogens with two attached hydrogens (primary N) is 1. The van der Waals surface area contributed by atoms with Gasteiger partial charge in [-0.1, -0.05) is 32.4 Å². The van der Waals surface area contributed by atoms with E-state index in [0.29, 0.717) is 5.69 Å². The van der Waals surface area contributed by atoms with Crippen LogP contribution in [0.3, 0.4) is 0 Å². The number of benzene rings is 1. The zero-order chi connectivity index (χ0) is 16.2. The SMILES string of the molecule is CC(C)(C)[C@H](NCC(=O)Nc1ccc(F)cc1Cl)C(N)=O. The first-order chi connectivity index (χ1) is 9.61. The highest BCUT2D eigenvalue weighted by Gasteiger charge is 2.29. The van der Waals surface area contributed by atoms with Gasteiger partial charge in [0.1, 0.15) is 5.82 Å². The van der Waals surface area contributed by atoms with Crippen molar-refractivity contribution in [1.29, 1.82) is 0 Å². The minimum Gasteiger partial charge on any atom is -0.368 e. The lowest BCUT2D eigenvalue weighted by atomic mass is 9.86. The molecule has 0 bridgehead atoms. The second-order valence-corrected chi connectivity index (χ2v) is 6.16. The summed E-state index contributed by atoms with van der Waals surface area (Å²) in [7, 11) is 0. The summed E-state index contributed by atoms with van der Waals surface area (Å²) < 4.78 is 12.9. The number of hydrogen-bond donors (Lipinski definition) is 3. The summed E-state index contributed by atoms with van der Waals surface area (Å²) in [5, 5.41) is 5.44. The van der Waals surface area contributed by atoms with Gasteiger partial charge in [0, 0.05) is 0 Å². The van der Waals surface area contributed by atoms with Crippen LogP contribution in [0, 0.1) is 11.2 Å². The monoisotopic (exact) mass is 315 g/mol. The number of rotatable bonds is 5. The third-order valence-corrected chi connectivity index (χ3v) is 3.14. The van der Waals surface area contributed by atoms with E-state index in [-0.39, 0.29) is 11.6 Å². The predicted octanol–water partition coefficient (Wildman–Crippen LogP) is 1.91. The molecular formula is C14H19ClFN3O2. The normalized spacial score (nSPS) is 12.8. The maximum absolute atomic E-state index is 12.9. The number of carbonyl (C=O) groups excluding carboxylic acids is 2. The van der Waals surface area contributed by atoms with Crippen molar-refractivity contribution >= 4 is 29.1 Å². The standard InChI is InChI=1S/C14H19ClFN3O2/c1-14(2,3)12(13(17)21)18-7-11(20)19-10-5-4-8(16)6-9(10)15/h4-6,12,18H,7H2,1-3H3,(H2,17,21)(H,19,20)/t12-/m1/s1. The Morgan fingerprint density at radius 3 is 2.48 bits per heavy atom. The van der Waals surface area contributed by atoms with E-state index in [1.165, 1.54) is 12.1 Å². The molecule has 1 aromatic rings. The van der Waals surface area contributed by atoms with Gasteiger partial charge < -0.3 is 11.1 Å². The molecule has 1 aromatic carbocycles. The molecule has 1 atom stereocenters. The van der Waals surface area contributed by atoms with Crippen molar-refractivity contribution in [3.63, 3.8) is 0 Å². The zero-order valence-electron chi connectivity index (χ0n) is 12.2. The Hall–Kier alpha value is -1.66. The lowest BCUT2D eigenvalue weighted by Gasteiger charge is -2.28. The topological polar surface area (TPSA) is 84.2 Å². The molecule has 0 unspecified atom stereocenters. The highest BCUT2D eigenvalue weighted by atomic mass is 35.5. The molecule has 0 radical (unpaired) electrons. The van der Waals surface area contributed by atoms with Gasteiger partial charge in [0.15, 0.2) is 0 Å². The smallest absolute Gasteiger partial charge is 0.238 e. The van der Waals surface area contributed by atoms with E-state index >= 15 is 0 Å². The number of hydrogen-bond acceptors (Lipinski definition) is 3. The van der Waals surface area contributed by atoms with Crippen molar-refractivity contribution in [1.82, 2.24) is 5.32 Å². The molecule has 0 saturated heterocycles. The predicted molar refractivity (Wildman–Crippen MR) is 80.5 cm³/mol. The van der Waals surface area contributed by atoms with Crippen molar-refractivity contribution in [2.45, 2.75) is 26.8 Å². The van der Waals surface area contributed by atoms with Crippen LogP contribution in [0.5, 0.6) is 0 Å². The molecular weight excluding hydrogens is 297 g/mol. The maximum Gasteiger partial charge on any atom is 0.238 e. The van der Waals surface area contributed by atoms with Crippen LogP contribution in [0.1, 0.15) is 20.8 Å². The summed E-state index contributed by atoms with van der Waals surface area (Å²) in [6, 6.07) is 3.01. The number of nitrogens with one attached hydrogen (secondary N) is 2. The molecule has 1 rings (SSSR count). The summed E-state index contributed by atoms with van der Waals surface area (Å²) in [5.41, 5.74) is 5.19. The van der Waals surface area contributed by atoms with E-state index in [1.54, 1.807) is 0 Å². The van der Waals surface area contributed by atoms with Gasteiger partial charge in [-0.2, -0.15) is 0 Å². The van der Waals surface area contributed by atoms with Gasteiger partial charge in [-0.15, -0.1) is 0 Å². The van der Waals surface area contributed by atoms with Gasteiger partial charge in [0.05, 0.1) is 23.3 Å². The summed E-state index contributed by atoms with van der Waals surface area (Å²) in [4.78, 5) is 23.2. The molecule has 7 heteroatoms. The number of primary amides is 1. The fourth-order valence-corrected chi connectivity index (χ4v) is 2.03. The van der Waals surface area contributed by atoms with Crippen molar-refractivity contribution < 1.29 is 14.0 Å². The lowest BCUT2D eigenvalue weighted by molar-refractivity contribution is -0.122. The first-order valence-corrected chi connectivity index (χ1v) is 6.76. The van der Waals surface area contributed by atoms with Crippen molar-refractivity contribution in [2.75, 3.05) is 11.9 Å². The number of carbonyl (C=O) groups is 2. The number of halogens is 2. The van der Waals surface area contributed by atoms with Crippen molar-refractivity contribution in [2.24, 2.45) is 11.1 Å². The van der Waals surface area contributed by atoms with Gasteiger partial charge in [0.25, 0.3) is 0 Å². The average Bonchev–Trinajstić information content (AvgIpc) is 2.30. The zero-order valence-corrected chi connectivity index (χ0v) is 12.9. The highest BCUT2D eigenvalue weighted by molar-refractivity contribution is 6.33. The van der Waals surface area contributed by atoms with E-state index in [9.17, 15) is 14.0 Å². The summed E-state index contributed by atoms with van der Waals surface area (Å²) >= 11 is 5.81. The molecule has 2 amide bonds. The summed E-state index contributed by atoms with van der Waals surface area (Å²) in [6.45, 7) is 5.40. The number of amides is 2. The maximum atomic E-state index is 12.9. The van der Waals surface area contributed by atoms with Gasteiger partial charge in [-0.25, -0.2) is 4.39 Å². The van der Waals surface area contributed by atoms with Gasteiger partial charge >= 0.3 is 0 Å². The second kappa shape index (κ2) is 6.87. The van der Waals surface area contributed by atoms with E-state index in [4.69, 9.17) is 17.3 Å². The summed E-state index contributed by atoms with van der Waals surface area (Å²) in [5.74, 6) is -1.42. The Morgan fingerprint density at radius 2 is 2.00 bits per heavy atom. The van der Waals surface area contributed by atoms with Gasteiger partial charge in [0.2, 0.25) is 11.8 Å². The molecule has 0 aliphatic carbocycles. The van der Waals surface area contributed by atoms with Crippen LogP contribution >= 0.6 is 11.6 Å². The van der Waals surface area contributed by atoms with Crippen LogP contribution < -0.4 is 16.4 Å². The lowest BCUT2D eigenvalue weighted by Crippen LogP contribution is -2.51. The number of anilines is 1. The average molecular weight is 316 g/mol. The van der Waals surface area contributed by atoms with E-state index in [1.807, 2.05) is 20.8 Å². The highest BCUT2D eigenvalue weighted by Crippen LogP contribution is 2.22. The third kappa shape index (κ3) is 5.32. The van der Waals surface area contributed by atoms with Crippen molar-refractivity contribution in [3.8, 4) is 0 Å². The quantitative estimate of drug-likeness (QED) is 0.776. The van der Waals surface area contributed by atoms with E-state index in [2.05, 4.69) is 10.6 Å². The minimum atomic E-state index is -0.646. The first-order valence-electron chi connectivity index (χ1n) is 6.39. The van der Waals surface area contributed by atoms with E-state index < -0.39 is 29.1 Å². The Bertz CT molecular complexity index is 544. The first kappa shape index (κ1) is 17.4. The van der Waals surface area contributed by atoms with Gasteiger partial charge in [-0.05, 0) is 23.6 Å². The second-order valence-electron chi connectivity index (χ2n) is 5.75. The molecule has 5 nitrogen and oxygen atoms in total. The Morgan fingerprint density at radius 1 is 1.38 bits per heavy atom. The molecule has 0 aliphatic heterocycles. The van der Waals surface area contributed by atoms with Gasteiger partial charge in [-0.3, -0.25) is 14.9 Å². The van der Waals surface area contributed by atoms with Crippen LogP contribution in [-0.4, -0.2) is 24.4 Å². The molecule has 4 N–H and O–H groups in total. The molecule has 0 aliphatic rings.